The molecule has 0 saturated heterocycles. The van der Waals surface area contributed by atoms with E-state index in [1.165, 1.54) is 7.05 Å². The SMILES string of the molecule is CNC(=O)C[C@H](C(=O)O)c1ccccc1. The Balaban J connectivity index is 2.84. The van der Waals surface area contributed by atoms with Gasteiger partial charge >= 0.3 is 5.97 Å². The second-order valence-electron chi connectivity index (χ2n) is 3.18. The lowest BCUT2D eigenvalue weighted by Crippen LogP contribution is -2.24. The molecule has 0 radical (unpaired) electrons. The molecule has 0 bridgehead atoms. The highest BCUT2D eigenvalue weighted by molar-refractivity contribution is 5.85. The molecular formula is C11H13NO3. The molecule has 0 aliphatic rings. The normalized spacial score (nSPS) is 11.8. The Kier molecular flexibility index (Phi) is 3.85. The van der Waals surface area contributed by atoms with Gasteiger partial charge in [0, 0.05) is 13.5 Å². The summed E-state index contributed by atoms with van der Waals surface area (Å²) < 4.78 is 0. The van der Waals surface area contributed by atoms with Crippen molar-refractivity contribution in [2.75, 3.05) is 7.05 Å². The molecular weight excluding hydrogens is 194 g/mol. The molecule has 15 heavy (non-hydrogen) atoms. The topological polar surface area (TPSA) is 66.4 Å². The van der Waals surface area contributed by atoms with E-state index in [0.717, 1.165) is 0 Å². The number of hydrogen-bond acceptors (Lipinski definition) is 2. The summed E-state index contributed by atoms with van der Waals surface area (Å²) in [6.45, 7) is 0. The number of carboxylic acid groups (broad SMARTS) is 1. The van der Waals surface area contributed by atoms with Gasteiger partial charge in [-0.1, -0.05) is 30.3 Å². The van der Waals surface area contributed by atoms with Crippen LogP contribution in [0.5, 0.6) is 0 Å². The zero-order valence-corrected chi connectivity index (χ0v) is 8.43. The third kappa shape index (κ3) is 3.09. The number of benzene rings is 1. The van der Waals surface area contributed by atoms with E-state index in [-0.39, 0.29) is 12.3 Å². The van der Waals surface area contributed by atoms with Gasteiger partial charge < -0.3 is 10.4 Å². The monoisotopic (exact) mass is 207 g/mol. The van der Waals surface area contributed by atoms with E-state index in [2.05, 4.69) is 5.32 Å². The lowest BCUT2D eigenvalue weighted by Gasteiger charge is -2.11. The van der Waals surface area contributed by atoms with E-state index in [1.807, 2.05) is 6.07 Å². The van der Waals surface area contributed by atoms with Crippen molar-refractivity contribution < 1.29 is 14.7 Å². The quantitative estimate of drug-likeness (QED) is 0.773. The maximum atomic E-state index is 11.1. The highest BCUT2D eigenvalue weighted by Gasteiger charge is 2.22. The molecule has 4 heteroatoms. The third-order valence-electron chi connectivity index (χ3n) is 2.17. The fourth-order valence-electron chi connectivity index (χ4n) is 1.32. The molecule has 0 fully saturated rings. The van der Waals surface area contributed by atoms with E-state index in [9.17, 15) is 9.59 Å². The standard InChI is InChI=1S/C11H13NO3/c1-12-10(13)7-9(11(14)15)8-5-3-2-4-6-8/h2-6,9H,7H2,1H3,(H,12,13)(H,14,15)/t9-/m0/s1. The van der Waals surface area contributed by atoms with Crippen molar-refractivity contribution in [3.63, 3.8) is 0 Å². The molecule has 0 saturated carbocycles. The van der Waals surface area contributed by atoms with Crippen LogP contribution in [0.25, 0.3) is 0 Å². The largest absolute Gasteiger partial charge is 0.481 e. The first kappa shape index (κ1) is 11.2. The van der Waals surface area contributed by atoms with Gasteiger partial charge in [0.2, 0.25) is 5.91 Å². The number of amides is 1. The van der Waals surface area contributed by atoms with Gasteiger partial charge in [-0.05, 0) is 5.56 Å². The van der Waals surface area contributed by atoms with Crippen molar-refractivity contribution in [3.05, 3.63) is 35.9 Å². The predicted molar refractivity (Wildman–Crippen MR) is 55.5 cm³/mol. The van der Waals surface area contributed by atoms with Crippen molar-refractivity contribution in [2.24, 2.45) is 0 Å². The van der Waals surface area contributed by atoms with E-state index >= 15 is 0 Å². The van der Waals surface area contributed by atoms with Crippen LogP contribution in [0.4, 0.5) is 0 Å². The molecule has 0 heterocycles. The molecule has 2 N–H and O–H groups in total. The van der Waals surface area contributed by atoms with Gasteiger partial charge in [-0.3, -0.25) is 9.59 Å². The summed E-state index contributed by atoms with van der Waals surface area (Å²) in [5, 5.41) is 11.4. The summed E-state index contributed by atoms with van der Waals surface area (Å²) in [7, 11) is 1.49. The number of aliphatic carboxylic acids is 1. The zero-order chi connectivity index (χ0) is 11.3. The average Bonchev–Trinajstić information content (AvgIpc) is 2.26. The van der Waals surface area contributed by atoms with Crippen LogP contribution in [0.15, 0.2) is 30.3 Å². The van der Waals surface area contributed by atoms with E-state index < -0.39 is 11.9 Å². The summed E-state index contributed by atoms with van der Waals surface area (Å²) in [5.41, 5.74) is 0.647. The molecule has 0 aliphatic carbocycles. The molecule has 1 amide bonds. The van der Waals surface area contributed by atoms with E-state index in [0.29, 0.717) is 5.56 Å². The average molecular weight is 207 g/mol. The molecule has 1 aromatic rings. The third-order valence-corrected chi connectivity index (χ3v) is 2.17. The van der Waals surface area contributed by atoms with Crippen LogP contribution in [-0.4, -0.2) is 24.0 Å². The Bertz CT molecular complexity index is 348. The maximum absolute atomic E-state index is 11.1. The van der Waals surface area contributed by atoms with Gasteiger partial charge in [-0.2, -0.15) is 0 Å². The Labute approximate surface area is 87.9 Å². The fourth-order valence-corrected chi connectivity index (χ4v) is 1.32. The highest BCUT2D eigenvalue weighted by Crippen LogP contribution is 2.19. The molecule has 0 spiro atoms. The van der Waals surface area contributed by atoms with Gasteiger partial charge in [0.25, 0.3) is 0 Å². The number of carbonyl (C=O) groups is 2. The Morgan fingerprint density at radius 3 is 2.40 bits per heavy atom. The summed E-state index contributed by atoms with van der Waals surface area (Å²) in [6.07, 6.45) is -0.0319. The Hall–Kier alpha value is -1.84. The van der Waals surface area contributed by atoms with Crippen LogP contribution < -0.4 is 5.32 Å². The van der Waals surface area contributed by atoms with Crippen molar-refractivity contribution >= 4 is 11.9 Å². The maximum Gasteiger partial charge on any atom is 0.311 e. The molecule has 1 atom stereocenters. The summed E-state index contributed by atoms with van der Waals surface area (Å²) in [6, 6.07) is 8.75. The Morgan fingerprint density at radius 1 is 1.33 bits per heavy atom. The number of carboxylic acids is 1. The van der Waals surface area contributed by atoms with Gasteiger partial charge in [0.05, 0.1) is 5.92 Å². The van der Waals surface area contributed by atoms with Crippen molar-refractivity contribution in [1.82, 2.24) is 5.32 Å². The van der Waals surface area contributed by atoms with Crippen LogP contribution >= 0.6 is 0 Å². The van der Waals surface area contributed by atoms with Crippen molar-refractivity contribution in [2.45, 2.75) is 12.3 Å². The first-order valence-electron chi connectivity index (χ1n) is 4.63. The minimum absolute atomic E-state index is 0.0319. The fraction of sp³-hybridized carbons (Fsp3) is 0.273. The minimum atomic E-state index is -0.982. The first-order chi connectivity index (χ1) is 7.15. The molecule has 4 nitrogen and oxygen atoms in total. The van der Waals surface area contributed by atoms with E-state index in [4.69, 9.17) is 5.11 Å². The minimum Gasteiger partial charge on any atom is -0.481 e. The van der Waals surface area contributed by atoms with Crippen LogP contribution in [0, 0.1) is 0 Å². The lowest BCUT2D eigenvalue weighted by molar-refractivity contribution is -0.140. The molecule has 0 unspecified atom stereocenters. The van der Waals surface area contributed by atoms with Crippen molar-refractivity contribution in [1.29, 1.82) is 0 Å². The number of carbonyl (C=O) groups excluding carboxylic acids is 1. The van der Waals surface area contributed by atoms with E-state index in [1.54, 1.807) is 24.3 Å². The van der Waals surface area contributed by atoms with Crippen LogP contribution in [0.3, 0.4) is 0 Å². The predicted octanol–water partition coefficient (Wildman–Crippen LogP) is 0.991. The summed E-state index contributed by atoms with van der Waals surface area (Å²) >= 11 is 0. The number of nitrogens with one attached hydrogen (secondary N) is 1. The van der Waals surface area contributed by atoms with Crippen LogP contribution in [0.2, 0.25) is 0 Å². The second kappa shape index (κ2) is 5.14. The summed E-state index contributed by atoms with van der Waals surface area (Å²) in [4.78, 5) is 22.1. The molecule has 1 rings (SSSR count). The number of hydrogen-bond donors (Lipinski definition) is 2. The Morgan fingerprint density at radius 2 is 1.93 bits per heavy atom. The molecule has 80 valence electrons. The van der Waals surface area contributed by atoms with Crippen LogP contribution in [-0.2, 0) is 9.59 Å². The lowest BCUT2D eigenvalue weighted by atomic mass is 9.96. The van der Waals surface area contributed by atoms with Gasteiger partial charge in [-0.25, -0.2) is 0 Å². The highest BCUT2D eigenvalue weighted by atomic mass is 16.4. The molecule has 0 aliphatic heterocycles. The van der Waals surface area contributed by atoms with Crippen LogP contribution in [0.1, 0.15) is 17.9 Å². The van der Waals surface area contributed by atoms with Gasteiger partial charge in [0.1, 0.15) is 0 Å². The smallest absolute Gasteiger partial charge is 0.311 e. The zero-order valence-electron chi connectivity index (χ0n) is 8.43. The van der Waals surface area contributed by atoms with Gasteiger partial charge in [0.15, 0.2) is 0 Å². The molecule has 1 aromatic carbocycles. The second-order valence-corrected chi connectivity index (χ2v) is 3.18. The van der Waals surface area contributed by atoms with Crippen molar-refractivity contribution in [3.8, 4) is 0 Å². The summed E-state index contributed by atoms with van der Waals surface area (Å²) in [5.74, 6) is -2.03. The van der Waals surface area contributed by atoms with Gasteiger partial charge in [-0.15, -0.1) is 0 Å². The number of rotatable bonds is 4. The first-order valence-corrected chi connectivity index (χ1v) is 4.63. The molecule has 0 aromatic heterocycles.